The van der Waals surface area contributed by atoms with Crippen LogP contribution in [0.3, 0.4) is 0 Å². The van der Waals surface area contributed by atoms with Gasteiger partial charge in [-0.15, -0.1) is 11.8 Å². The molecule has 0 N–H and O–H groups in total. The largest absolute Gasteiger partial charge is 0.463 e. The summed E-state index contributed by atoms with van der Waals surface area (Å²) >= 11 is 1.10. The first-order chi connectivity index (χ1) is 34.0. The molecule has 3 fully saturated rings. The fourth-order valence-corrected chi connectivity index (χ4v) is 14.9. The van der Waals surface area contributed by atoms with Gasteiger partial charge in [0.1, 0.15) is 49.2 Å². The Morgan fingerprint density at radius 2 is 0.824 bits per heavy atom. The predicted octanol–water partition coefficient (Wildman–Crippen LogP) is 5.79. The van der Waals surface area contributed by atoms with E-state index in [4.69, 9.17) is 65.7 Å². The number of carbonyl (C=O) groups excluding carboxylic acids is 8. The molecule has 0 amide bonds. The Morgan fingerprint density at radius 1 is 0.473 bits per heavy atom. The zero-order chi connectivity index (χ0) is 56.4. The Labute approximate surface area is 448 Å². The van der Waals surface area contributed by atoms with Crippen molar-refractivity contribution in [2.24, 2.45) is 0 Å². The molecule has 74 heavy (non-hydrogen) atoms. The number of thioether (sulfide) groups is 1. The Balaban J connectivity index is 2.35. The summed E-state index contributed by atoms with van der Waals surface area (Å²) in [7, 11) is -1.64. The number of methoxy groups -OCH3 is 1. The summed E-state index contributed by atoms with van der Waals surface area (Å²) in [6.45, 7) is 29.2. The molecule has 0 saturated carbocycles. The zero-order valence-corrected chi connectivity index (χ0v) is 50.4. The van der Waals surface area contributed by atoms with Crippen LogP contribution in [0.25, 0.3) is 0 Å². The summed E-state index contributed by atoms with van der Waals surface area (Å²) in [5.74, 6) is -6.14. The fourth-order valence-electron chi connectivity index (χ4n) is 7.51. The van der Waals surface area contributed by atoms with E-state index < -0.39 is 167 Å². The van der Waals surface area contributed by atoms with Crippen molar-refractivity contribution in [1.29, 1.82) is 0 Å². The van der Waals surface area contributed by atoms with Crippen LogP contribution in [-0.4, -0.2) is 180 Å². The van der Waals surface area contributed by atoms with Crippen molar-refractivity contribution in [3.63, 3.8) is 0 Å². The zero-order valence-electron chi connectivity index (χ0n) is 46.0. The maximum atomic E-state index is 12.9. The lowest BCUT2D eigenvalue weighted by Gasteiger charge is -2.45. The molecule has 22 nitrogen and oxygen atoms in total. The highest BCUT2D eigenvalue weighted by atomic mass is 33.1. The van der Waals surface area contributed by atoms with Crippen molar-refractivity contribution >= 4 is 97.7 Å². The van der Waals surface area contributed by atoms with Gasteiger partial charge in [0.2, 0.25) is 0 Å². The molecule has 0 aromatic carbocycles. The average Bonchev–Trinajstić information content (AvgIpc) is 3.55. The summed E-state index contributed by atoms with van der Waals surface area (Å²) in [4.78, 5) is 101. The van der Waals surface area contributed by atoms with E-state index in [1.807, 2.05) is 0 Å². The summed E-state index contributed by atoms with van der Waals surface area (Å²) in [5, 5.41) is -1.36. The monoisotopic (exact) mass is 1150 g/mol. The van der Waals surface area contributed by atoms with Crippen LogP contribution in [0.5, 0.6) is 0 Å². The molecule has 424 valence electrons. The number of hydrogen-bond donors (Lipinski definition) is 0. The lowest BCUT2D eigenvalue weighted by atomic mass is 9.99. The summed E-state index contributed by atoms with van der Waals surface area (Å²) in [5.41, 5.74) is -2.45. The van der Waals surface area contributed by atoms with E-state index in [0.717, 1.165) is 64.1 Å². The molecule has 0 aliphatic carbocycles. The molecule has 3 aliphatic rings. The second-order valence-corrected chi connectivity index (χ2v) is 34.3. The van der Waals surface area contributed by atoms with Crippen molar-refractivity contribution in [2.45, 2.75) is 223 Å². The molecular formula is C47H78O22S3Si2. The van der Waals surface area contributed by atoms with E-state index >= 15 is 0 Å². The normalized spacial score (nSPS) is 30.0. The van der Waals surface area contributed by atoms with Crippen LogP contribution < -0.4 is 0 Å². The van der Waals surface area contributed by atoms with Crippen molar-refractivity contribution in [3.05, 3.63) is 0 Å². The van der Waals surface area contributed by atoms with Crippen LogP contribution >= 0.6 is 33.3 Å². The first kappa shape index (κ1) is 65.3. The van der Waals surface area contributed by atoms with Crippen LogP contribution in [0.4, 0.5) is 0 Å². The van der Waals surface area contributed by atoms with Crippen LogP contribution in [0, 0.1) is 0 Å². The van der Waals surface area contributed by atoms with Crippen LogP contribution in [-0.2, 0) is 104 Å². The number of esters is 8. The van der Waals surface area contributed by atoms with Crippen LogP contribution in [0.1, 0.15) is 96.9 Å². The van der Waals surface area contributed by atoms with Gasteiger partial charge < -0.3 is 65.7 Å². The Bertz CT molecular complexity index is 1880. The molecule has 15 atom stereocenters. The highest BCUT2D eigenvalue weighted by molar-refractivity contribution is 8.77. The molecule has 0 unspecified atom stereocenters. The number of hydrogen-bond acceptors (Lipinski definition) is 25. The average molecular weight is 1150 g/mol. The van der Waals surface area contributed by atoms with Gasteiger partial charge in [0, 0.05) is 68.3 Å². The van der Waals surface area contributed by atoms with Gasteiger partial charge in [-0.25, -0.2) is 0 Å². The second-order valence-electron chi connectivity index (χ2n) is 21.1. The second kappa shape index (κ2) is 27.5. The Morgan fingerprint density at radius 3 is 1.19 bits per heavy atom. The number of ether oxygens (including phenoxy) is 12. The van der Waals surface area contributed by atoms with E-state index in [1.165, 1.54) is 31.8 Å². The SMILES string of the molecule is CO[C@@H]1O[C@@H]([C@@H](CS[C@@H]2O[C@H](COC(C)=O)[C@H](OC(C)=O)[C@H](OC(C)=O)[C@H]2OC(C)=O)SS[C@@H]2O[C@H](COC(C)=O)[C@H](OC(C)=O)[C@H](OC(C)=O)[C@H]2OC(C)=O)[C@H](O[Si](C)(C)C(C)(C)C)[C@H]1O[Si](C)(C)C(C)(C)C. The smallest absolute Gasteiger partial charge is 0.303 e. The first-order valence-corrected chi connectivity index (χ1v) is 33.2. The fraction of sp³-hybridized carbons (Fsp3) is 0.830. The molecule has 3 saturated heterocycles. The van der Waals surface area contributed by atoms with Gasteiger partial charge in [0.15, 0.2) is 65.0 Å². The molecule has 3 rings (SSSR count). The minimum absolute atomic E-state index is 0.0158. The third-order valence-electron chi connectivity index (χ3n) is 12.9. The van der Waals surface area contributed by atoms with Crippen molar-refractivity contribution in [3.8, 4) is 0 Å². The quantitative estimate of drug-likeness (QED) is 0.0537. The molecule has 0 aromatic heterocycles. The molecule has 27 heteroatoms. The molecule has 0 aromatic rings. The van der Waals surface area contributed by atoms with E-state index in [9.17, 15) is 38.4 Å². The Kier molecular flexibility index (Phi) is 24.3. The first-order valence-electron chi connectivity index (χ1n) is 24.1. The molecule has 0 bridgehead atoms. The van der Waals surface area contributed by atoms with Gasteiger partial charge in [-0.1, -0.05) is 63.1 Å². The summed E-state index contributed by atoms with van der Waals surface area (Å²) in [6.07, 6.45) is -14.6. The minimum Gasteiger partial charge on any atom is -0.463 e. The molecule has 0 spiro atoms. The third-order valence-corrected chi connectivity index (χ3v) is 26.3. The predicted molar refractivity (Wildman–Crippen MR) is 275 cm³/mol. The van der Waals surface area contributed by atoms with Gasteiger partial charge >= 0.3 is 47.8 Å². The molecule has 3 heterocycles. The molecule has 3 aliphatic heterocycles. The maximum Gasteiger partial charge on any atom is 0.303 e. The lowest BCUT2D eigenvalue weighted by molar-refractivity contribution is -0.237. The van der Waals surface area contributed by atoms with Crippen molar-refractivity contribution in [1.82, 2.24) is 0 Å². The number of rotatable bonds is 22. The third kappa shape index (κ3) is 18.6. The molecule has 0 radical (unpaired) electrons. The van der Waals surface area contributed by atoms with E-state index in [1.54, 1.807) is 0 Å². The number of carbonyl (C=O) groups is 8. The summed E-state index contributed by atoms with van der Waals surface area (Å²) in [6, 6.07) is 0. The topological polar surface area (TPSA) is 266 Å². The van der Waals surface area contributed by atoms with Gasteiger partial charge in [-0.2, -0.15) is 0 Å². The minimum atomic E-state index is -2.73. The summed E-state index contributed by atoms with van der Waals surface area (Å²) < 4.78 is 85.5. The maximum absolute atomic E-state index is 12.9. The van der Waals surface area contributed by atoms with Crippen molar-refractivity contribution < 1.29 is 104 Å². The standard InChI is InChI=1S/C47H78O22S3Si2/c1-23(48)57-20-31-34(59-25(3)50)37(61-27(5)52)41(63-29(7)54)44(65-31)70-22-33(36-39(68-73(16,17)46(9,10)11)40(43(56-15)67-36)69-74(18,19)47(12,13)14)71-72-45-42(64-30(8)55)38(62-28(6)53)35(60-26(4)51)32(66-45)21-58-24(2)49/h31-45H,20-22H2,1-19H3/t31-,32-,33-,34+,35+,36+,37+,38+,39+,40-,41-,42-,43-,44+,45+/m1/s1. The van der Waals surface area contributed by atoms with Crippen molar-refractivity contribution in [2.75, 3.05) is 26.1 Å². The van der Waals surface area contributed by atoms with Gasteiger partial charge in [-0.05, 0) is 36.3 Å². The Hall–Kier alpha value is -3.00. The van der Waals surface area contributed by atoms with Crippen LogP contribution in [0.2, 0.25) is 36.3 Å². The van der Waals surface area contributed by atoms with Crippen LogP contribution in [0.15, 0.2) is 0 Å². The highest BCUT2D eigenvalue weighted by Crippen LogP contribution is 2.49. The van der Waals surface area contributed by atoms with Gasteiger partial charge in [0.05, 0.1) is 5.25 Å². The molecular weight excluding hydrogens is 1070 g/mol. The van der Waals surface area contributed by atoms with E-state index in [2.05, 4.69) is 67.7 Å². The van der Waals surface area contributed by atoms with E-state index in [0.29, 0.717) is 0 Å². The van der Waals surface area contributed by atoms with Gasteiger partial charge in [0.25, 0.3) is 0 Å². The lowest BCUT2D eigenvalue weighted by Crippen LogP contribution is -2.61. The van der Waals surface area contributed by atoms with Gasteiger partial charge in [-0.3, -0.25) is 38.4 Å². The highest BCUT2D eigenvalue weighted by Gasteiger charge is 2.59. The van der Waals surface area contributed by atoms with E-state index in [-0.39, 0.29) is 15.8 Å².